The van der Waals surface area contributed by atoms with E-state index >= 15 is 0 Å². The van der Waals surface area contributed by atoms with E-state index in [4.69, 9.17) is 0 Å². The van der Waals surface area contributed by atoms with E-state index in [1.807, 2.05) is 13.8 Å². The van der Waals surface area contributed by atoms with Crippen LogP contribution in [0.3, 0.4) is 0 Å². The molecule has 0 unspecified atom stereocenters. The number of para-hydroxylation sites is 2. The van der Waals surface area contributed by atoms with Gasteiger partial charge in [-0.3, -0.25) is 24.2 Å². The van der Waals surface area contributed by atoms with Gasteiger partial charge in [-0.15, -0.1) is 0 Å². The van der Waals surface area contributed by atoms with Crippen LogP contribution in [0.15, 0.2) is 24.3 Å². The third kappa shape index (κ3) is 3.65. The van der Waals surface area contributed by atoms with Gasteiger partial charge >= 0.3 is 6.03 Å². The molecule has 3 rings (SSSR count). The molecule has 1 atom stereocenters. The fourth-order valence-electron chi connectivity index (χ4n) is 3.31. The van der Waals surface area contributed by atoms with Crippen molar-refractivity contribution < 1.29 is 19.2 Å². The molecule has 2 N–H and O–H groups in total. The van der Waals surface area contributed by atoms with Crippen molar-refractivity contribution in [1.82, 2.24) is 10.2 Å². The first-order valence-corrected chi connectivity index (χ1v) is 9.04. The van der Waals surface area contributed by atoms with Crippen molar-refractivity contribution in [2.24, 2.45) is 5.92 Å². The molecule has 8 nitrogen and oxygen atoms in total. The third-order valence-electron chi connectivity index (χ3n) is 4.93. The lowest BCUT2D eigenvalue weighted by atomic mass is 9.92. The number of carbonyl (C=O) groups excluding carboxylic acids is 4. The number of carbonyl (C=O) groups is 4. The summed E-state index contributed by atoms with van der Waals surface area (Å²) in [6.07, 6.45) is 1.29. The molecule has 27 heavy (non-hydrogen) atoms. The molecular formula is C19H24N4O4. The Hall–Kier alpha value is -2.90. The van der Waals surface area contributed by atoms with Gasteiger partial charge in [-0.2, -0.15) is 0 Å². The number of hydrogen-bond donors (Lipinski definition) is 2. The number of anilines is 2. The zero-order valence-corrected chi connectivity index (χ0v) is 15.7. The van der Waals surface area contributed by atoms with E-state index in [0.717, 1.165) is 11.3 Å². The summed E-state index contributed by atoms with van der Waals surface area (Å²) in [6.45, 7) is 5.23. The van der Waals surface area contributed by atoms with Crippen molar-refractivity contribution >= 4 is 35.1 Å². The summed E-state index contributed by atoms with van der Waals surface area (Å²) in [5.74, 6) is -0.809. The Morgan fingerprint density at radius 2 is 1.93 bits per heavy atom. The van der Waals surface area contributed by atoms with Crippen LogP contribution in [-0.4, -0.2) is 47.3 Å². The number of imide groups is 1. The Morgan fingerprint density at radius 3 is 2.63 bits per heavy atom. The van der Waals surface area contributed by atoms with Gasteiger partial charge in [0.05, 0.1) is 11.4 Å². The number of amides is 5. The molecule has 0 aliphatic carbocycles. The predicted molar refractivity (Wildman–Crippen MR) is 100 cm³/mol. The lowest BCUT2D eigenvalue weighted by Gasteiger charge is -2.30. The summed E-state index contributed by atoms with van der Waals surface area (Å²) >= 11 is 0. The Morgan fingerprint density at radius 1 is 1.22 bits per heavy atom. The van der Waals surface area contributed by atoms with E-state index in [1.54, 1.807) is 31.2 Å². The fourth-order valence-corrected chi connectivity index (χ4v) is 3.31. The predicted octanol–water partition coefficient (Wildman–Crippen LogP) is 1.72. The van der Waals surface area contributed by atoms with E-state index in [1.165, 1.54) is 4.90 Å². The van der Waals surface area contributed by atoms with Gasteiger partial charge in [0.15, 0.2) is 0 Å². The van der Waals surface area contributed by atoms with Crippen LogP contribution in [0.1, 0.15) is 33.6 Å². The van der Waals surface area contributed by atoms with Crippen LogP contribution in [0.25, 0.3) is 0 Å². The van der Waals surface area contributed by atoms with Crippen LogP contribution in [0, 0.1) is 5.92 Å². The van der Waals surface area contributed by atoms with Gasteiger partial charge in [-0.1, -0.05) is 26.0 Å². The van der Waals surface area contributed by atoms with E-state index in [0.29, 0.717) is 23.7 Å². The van der Waals surface area contributed by atoms with Crippen molar-refractivity contribution in [2.75, 3.05) is 23.3 Å². The maximum absolute atomic E-state index is 12.8. The quantitative estimate of drug-likeness (QED) is 0.769. The second kappa shape index (κ2) is 7.02. The molecule has 144 valence electrons. The minimum Gasteiger partial charge on any atom is -0.323 e. The molecule has 0 spiro atoms. The molecule has 8 heteroatoms. The smallest absolute Gasteiger partial charge is 0.323 e. The molecule has 0 saturated carbocycles. The normalized spacial score (nSPS) is 22.0. The average Bonchev–Trinajstić information content (AvgIpc) is 2.83. The highest BCUT2D eigenvalue weighted by molar-refractivity contribution is 6.14. The van der Waals surface area contributed by atoms with Gasteiger partial charge in [0, 0.05) is 0 Å². The van der Waals surface area contributed by atoms with Crippen LogP contribution in [0.4, 0.5) is 16.2 Å². The number of benzene rings is 1. The number of nitrogens with one attached hydrogen (secondary N) is 2. The highest BCUT2D eigenvalue weighted by atomic mass is 16.2. The minimum absolute atomic E-state index is 0.149. The first kappa shape index (κ1) is 18.9. The third-order valence-corrected chi connectivity index (χ3v) is 4.93. The zero-order valence-electron chi connectivity index (χ0n) is 15.7. The second-order valence-corrected chi connectivity index (χ2v) is 7.63. The maximum Gasteiger partial charge on any atom is 0.325 e. The number of urea groups is 1. The Balaban J connectivity index is 1.76. The highest BCUT2D eigenvalue weighted by Crippen LogP contribution is 2.30. The molecular weight excluding hydrogens is 348 g/mol. The first-order valence-electron chi connectivity index (χ1n) is 9.04. The highest BCUT2D eigenvalue weighted by Gasteiger charge is 2.48. The summed E-state index contributed by atoms with van der Waals surface area (Å²) in [7, 11) is 0. The molecule has 1 aromatic rings. The van der Waals surface area contributed by atoms with Crippen molar-refractivity contribution in [2.45, 2.75) is 39.2 Å². The van der Waals surface area contributed by atoms with Gasteiger partial charge in [0.25, 0.3) is 5.91 Å². The van der Waals surface area contributed by atoms with Crippen LogP contribution in [0.5, 0.6) is 0 Å². The number of rotatable bonds is 5. The van der Waals surface area contributed by atoms with E-state index < -0.39 is 29.9 Å². The summed E-state index contributed by atoms with van der Waals surface area (Å²) in [5.41, 5.74) is 0.0801. The molecule has 1 aromatic carbocycles. The zero-order chi connectivity index (χ0) is 19.8. The molecule has 0 radical (unpaired) electrons. The van der Waals surface area contributed by atoms with Crippen LogP contribution < -0.4 is 15.5 Å². The molecule has 2 aliphatic rings. The standard InChI is InChI=1S/C19H24N4O4/c1-12(2)8-9-19(3)17(26)23(18(27)21-19)11-16(25)22-10-15(24)20-13-6-4-5-7-14(13)22/h4-7,12H,8-11H2,1-3H3,(H,20,24)(H,21,27)/t19-/m0/s1. The molecule has 1 fully saturated rings. The molecule has 5 amide bonds. The summed E-state index contributed by atoms with van der Waals surface area (Å²) in [5, 5.41) is 5.41. The Labute approximate surface area is 157 Å². The van der Waals surface area contributed by atoms with Gasteiger partial charge in [0.2, 0.25) is 11.8 Å². The van der Waals surface area contributed by atoms with Crippen LogP contribution >= 0.6 is 0 Å². The molecule has 0 bridgehead atoms. The van der Waals surface area contributed by atoms with Gasteiger partial charge in [0.1, 0.15) is 18.6 Å². The van der Waals surface area contributed by atoms with E-state index in [9.17, 15) is 19.2 Å². The number of hydrogen-bond acceptors (Lipinski definition) is 4. The Bertz CT molecular complexity index is 807. The van der Waals surface area contributed by atoms with Gasteiger partial charge in [-0.05, 0) is 37.8 Å². The minimum atomic E-state index is -1.00. The first-order chi connectivity index (χ1) is 12.7. The van der Waals surface area contributed by atoms with Crippen molar-refractivity contribution in [3.8, 4) is 0 Å². The monoisotopic (exact) mass is 372 g/mol. The van der Waals surface area contributed by atoms with Crippen molar-refractivity contribution in [1.29, 1.82) is 0 Å². The lowest BCUT2D eigenvalue weighted by Crippen LogP contribution is -2.49. The maximum atomic E-state index is 12.8. The largest absolute Gasteiger partial charge is 0.325 e. The topological polar surface area (TPSA) is 98.8 Å². The SMILES string of the molecule is CC(C)CC[C@]1(C)NC(=O)N(CC(=O)N2CC(=O)Nc3ccccc32)C1=O. The second-order valence-electron chi connectivity index (χ2n) is 7.63. The molecule has 1 saturated heterocycles. The summed E-state index contributed by atoms with van der Waals surface area (Å²) < 4.78 is 0. The summed E-state index contributed by atoms with van der Waals surface area (Å²) in [6, 6.07) is 6.35. The Kier molecular flexibility index (Phi) is 4.91. The van der Waals surface area contributed by atoms with E-state index in [2.05, 4.69) is 10.6 Å². The molecule has 0 aromatic heterocycles. The van der Waals surface area contributed by atoms with Crippen LogP contribution in [0.2, 0.25) is 0 Å². The van der Waals surface area contributed by atoms with E-state index in [-0.39, 0.29) is 12.5 Å². The van der Waals surface area contributed by atoms with Gasteiger partial charge in [-0.25, -0.2) is 4.79 Å². The van der Waals surface area contributed by atoms with Crippen LogP contribution in [-0.2, 0) is 14.4 Å². The average molecular weight is 372 g/mol. The molecule has 2 aliphatic heterocycles. The van der Waals surface area contributed by atoms with Crippen molar-refractivity contribution in [3.05, 3.63) is 24.3 Å². The summed E-state index contributed by atoms with van der Waals surface area (Å²) in [4.78, 5) is 52.0. The van der Waals surface area contributed by atoms with Gasteiger partial charge < -0.3 is 10.6 Å². The van der Waals surface area contributed by atoms with Crippen molar-refractivity contribution in [3.63, 3.8) is 0 Å². The fraction of sp³-hybridized carbons (Fsp3) is 0.474. The lowest BCUT2D eigenvalue weighted by molar-refractivity contribution is -0.134. The number of fused-ring (bicyclic) bond motifs is 1. The molecule has 2 heterocycles. The number of nitrogens with zero attached hydrogens (tertiary/aromatic N) is 2.